The number of halogens is 1. The van der Waals surface area contributed by atoms with Crippen LogP contribution in [0.5, 0.6) is 0 Å². The lowest BCUT2D eigenvalue weighted by Gasteiger charge is -2.41. The fourth-order valence-electron chi connectivity index (χ4n) is 2.19. The molecule has 1 aliphatic carbocycles. The second-order valence-corrected chi connectivity index (χ2v) is 5.98. The number of rotatable bonds is 5. The lowest BCUT2D eigenvalue weighted by atomic mass is 9.76. The number of thiophene rings is 1. The zero-order chi connectivity index (χ0) is 10.7. The van der Waals surface area contributed by atoms with E-state index < -0.39 is 0 Å². The number of alkyl halides is 1. The lowest BCUT2D eigenvalue weighted by Crippen LogP contribution is -2.41. The smallest absolute Gasteiger partial charge is 0.0693 e. The highest BCUT2D eigenvalue weighted by Gasteiger charge is 2.38. The highest BCUT2D eigenvalue weighted by atomic mass is 35.5. The first-order chi connectivity index (χ1) is 7.24. The van der Waals surface area contributed by atoms with Gasteiger partial charge >= 0.3 is 0 Å². The van der Waals surface area contributed by atoms with Crippen LogP contribution >= 0.6 is 22.9 Å². The fourth-order valence-corrected chi connectivity index (χ4v) is 3.51. The van der Waals surface area contributed by atoms with Crippen molar-refractivity contribution in [3.05, 3.63) is 22.4 Å². The number of hydrogen-bond acceptors (Lipinski definition) is 2. The molecule has 1 nitrogen and oxygen atoms in total. The summed E-state index contributed by atoms with van der Waals surface area (Å²) in [5.74, 6) is 0. The highest BCUT2D eigenvalue weighted by Crippen LogP contribution is 2.40. The number of methoxy groups -OCH3 is 1. The van der Waals surface area contributed by atoms with Gasteiger partial charge < -0.3 is 4.74 Å². The Morgan fingerprint density at radius 2 is 2.40 bits per heavy atom. The number of ether oxygens (including phenoxy) is 1. The van der Waals surface area contributed by atoms with E-state index in [0.717, 1.165) is 12.8 Å². The predicted octanol–water partition coefficient (Wildman–Crippen LogP) is 3.86. The van der Waals surface area contributed by atoms with Crippen LogP contribution in [0.25, 0.3) is 0 Å². The Morgan fingerprint density at radius 1 is 1.60 bits per heavy atom. The molecule has 1 aliphatic rings. The third kappa shape index (κ3) is 2.74. The molecule has 1 heterocycles. The Labute approximate surface area is 100 Å². The van der Waals surface area contributed by atoms with Crippen molar-refractivity contribution >= 4 is 22.9 Å². The van der Waals surface area contributed by atoms with E-state index in [1.54, 1.807) is 11.3 Å². The van der Waals surface area contributed by atoms with Crippen LogP contribution < -0.4 is 0 Å². The second-order valence-electron chi connectivity index (χ2n) is 4.33. The van der Waals surface area contributed by atoms with E-state index in [1.807, 2.05) is 7.11 Å². The van der Waals surface area contributed by atoms with E-state index in [2.05, 4.69) is 17.5 Å². The molecule has 1 aromatic heterocycles. The second kappa shape index (κ2) is 4.86. The van der Waals surface area contributed by atoms with Crippen LogP contribution in [0.1, 0.15) is 30.6 Å². The van der Waals surface area contributed by atoms with Gasteiger partial charge in [0.1, 0.15) is 0 Å². The van der Waals surface area contributed by atoms with Gasteiger partial charge in [-0.05, 0) is 43.6 Å². The molecule has 15 heavy (non-hydrogen) atoms. The van der Waals surface area contributed by atoms with Gasteiger partial charge in [0.05, 0.1) is 5.60 Å². The first-order valence-electron chi connectivity index (χ1n) is 5.46. The molecule has 1 aromatic rings. The van der Waals surface area contributed by atoms with Crippen LogP contribution in [-0.2, 0) is 11.2 Å². The van der Waals surface area contributed by atoms with Crippen LogP contribution in [0, 0.1) is 0 Å². The summed E-state index contributed by atoms with van der Waals surface area (Å²) >= 11 is 8.16. The van der Waals surface area contributed by atoms with E-state index in [0.29, 0.717) is 0 Å². The first-order valence-corrected chi connectivity index (χ1v) is 6.77. The van der Waals surface area contributed by atoms with Crippen molar-refractivity contribution in [1.82, 2.24) is 0 Å². The minimum Gasteiger partial charge on any atom is -0.378 e. The minimum absolute atomic E-state index is 0.101. The fraction of sp³-hybridized carbons (Fsp3) is 0.667. The maximum atomic E-state index is 6.37. The largest absolute Gasteiger partial charge is 0.378 e. The molecule has 0 saturated heterocycles. The van der Waals surface area contributed by atoms with E-state index in [1.165, 1.54) is 24.1 Å². The van der Waals surface area contributed by atoms with Gasteiger partial charge in [-0.25, -0.2) is 0 Å². The molecular formula is C12H17ClOS. The Hall–Kier alpha value is -0.0500. The minimum atomic E-state index is 0.101. The molecule has 1 saturated carbocycles. The Kier molecular flexibility index (Phi) is 3.70. The van der Waals surface area contributed by atoms with Gasteiger partial charge in [-0.2, -0.15) is 0 Å². The summed E-state index contributed by atoms with van der Waals surface area (Å²) in [6, 6.07) is 4.24. The Balaban J connectivity index is 1.84. The monoisotopic (exact) mass is 244 g/mol. The summed E-state index contributed by atoms with van der Waals surface area (Å²) in [6.07, 6.45) is 5.61. The van der Waals surface area contributed by atoms with Crippen LogP contribution in [0.2, 0.25) is 0 Å². The molecule has 0 amide bonds. The average Bonchev–Trinajstić information content (AvgIpc) is 2.64. The molecule has 0 aliphatic heterocycles. The Bertz CT molecular complexity index is 287. The van der Waals surface area contributed by atoms with Crippen molar-refractivity contribution in [1.29, 1.82) is 0 Å². The normalized spacial score (nSPS) is 20.9. The van der Waals surface area contributed by atoms with Gasteiger partial charge in [-0.3, -0.25) is 0 Å². The summed E-state index contributed by atoms with van der Waals surface area (Å²) in [5.41, 5.74) is 0.101. The van der Waals surface area contributed by atoms with Crippen molar-refractivity contribution in [3.63, 3.8) is 0 Å². The molecule has 0 radical (unpaired) electrons. The number of hydrogen-bond donors (Lipinski definition) is 0. The maximum Gasteiger partial charge on any atom is 0.0693 e. The molecule has 3 heteroatoms. The van der Waals surface area contributed by atoms with Crippen LogP contribution in [0.4, 0.5) is 0 Å². The molecule has 0 bridgehead atoms. The van der Waals surface area contributed by atoms with Crippen molar-refractivity contribution in [2.75, 3.05) is 7.11 Å². The maximum absolute atomic E-state index is 6.37. The molecule has 2 rings (SSSR count). The molecule has 1 fully saturated rings. The van der Waals surface area contributed by atoms with Gasteiger partial charge in [0.15, 0.2) is 0 Å². The van der Waals surface area contributed by atoms with Crippen molar-refractivity contribution in [2.24, 2.45) is 0 Å². The summed E-state index contributed by atoms with van der Waals surface area (Å²) in [7, 11) is 1.81. The molecule has 0 aromatic carbocycles. The molecule has 1 unspecified atom stereocenters. The highest BCUT2D eigenvalue weighted by molar-refractivity contribution is 7.09. The van der Waals surface area contributed by atoms with Gasteiger partial charge in [0, 0.05) is 17.4 Å². The quantitative estimate of drug-likeness (QED) is 0.715. The van der Waals surface area contributed by atoms with E-state index >= 15 is 0 Å². The summed E-state index contributed by atoms with van der Waals surface area (Å²) < 4.78 is 5.58. The van der Waals surface area contributed by atoms with E-state index in [-0.39, 0.29) is 11.0 Å². The summed E-state index contributed by atoms with van der Waals surface area (Å²) in [6.45, 7) is 0. The molecule has 0 spiro atoms. The first kappa shape index (κ1) is 11.4. The molecule has 1 atom stereocenters. The molecule has 84 valence electrons. The zero-order valence-corrected chi connectivity index (χ0v) is 10.6. The van der Waals surface area contributed by atoms with Crippen LogP contribution in [0.3, 0.4) is 0 Å². The van der Waals surface area contributed by atoms with Crippen molar-refractivity contribution < 1.29 is 4.74 Å². The van der Waals surface area contributed by atoms with Gasteiger partial charge in [0.25, 0.3) is 0 Å². The average molecular weight is 245 g/mol. The van der Waals surface area contributed by atoms with Gasteiger partial charge in [-0.15, -0.1) is 22.9 Å². The standard InChI is InChI=1S/C12H17ClOS/c1-14-12(5-3-6-12)9-10(13)8-11-4-2-7-15-11/h2,4,7,10H,3,5-6,8-9H2,1H3. The third-order valence-electron chi connectivity index (χ3n) is 3.29. The van der Waals surface area contributed by atoms with Crippen molar-refractivity contribution in [3.8, 4) is 0 Å². The summed E-state index contributed by atoms with van der Waals surface area (Å²) in [4.78, 5) is 1.38. The van der Waals surface area contributed by atoms with Crippen LogP contribution in [-0.4, -0.2) is 18.1 Å². The van der Waals surface area contributed by atoms with E-state index in [9.17, 15) is 0 Å². The summed E-state index contributed by atoms with van der Waals surface area (Å²) in [5, 5.41) is 2.32. The zero-order valence-electron chi connectivity index (χ0n) is 9.04. The topological polar surface area (TPSA) is 9.23 Å². The van der Waals surface area contributed by atoms with Crippen molar-refractivity contribution in [2.45, 2.75) is 43.1 Å². The van der Waals surface area contributed by atoms with Crippen LogP contribution in [0.15, 0.2) is 17.5 Å². The Morgan fingerprint density at radius 3 is 2.87 bits per heavy atom. The third-order valence-corrected chi connectivity index (χ3v) is 4.50. The molecular weight excluding hydrogens is 228 g/mol. The predicted molar refractivity (Wildman–Crippen MR) is 65.9 cm³/mol. The molecule has 0 N–H and O–H groups in total. The van der Waals surface area contributed by atoms with Gasteiger partial charge in [0.2, 0.25) is 0 Å². The SMILES string of the molecule is COC1(CC(Cl)Cc2cccs2)CCC1. The van der Waals surface area contributed by atoms with E-state index in [4.69, 9.17) is 16.3 Å². The lowest BCUT2D eigenvalue weighted by molar-refractivity contribution is -0.0777. The van der Waals surface area contributed by atoms with Gasteiger partial charge in [-0.1, -0.05) is 6.07 Å².